The van der Waals surface area contributed by atoms with Gasteiger partial charge in [-0.25, -0.2) is 0 Å². The van der Waals surface area contributed by atoms with Crippen molar-refractivity contribution in [3.8, 4) is 0 Å². The van der Waals surface area contributed by atoms with Gasteiger partial charge in [0.05, 0.1) is 0 Å². The quantitative estimate of drug-likeness (QED) is 0.616. The maximum absolute atomic E-state index is 3.45. The Morgan fingerprint density at radius 1 is 0.929 bits per heavy atom. The predicted molar refractivity (Wildman–Crippen MR) is 64.6 cm³/mol. The summed E-state index contributed by atoms with van der Waals surface area (Å²) in [7, 11) is 0. The van der Waals surface area contributed by atoms with Crippen molar-refractivity contribution in [1.29, 1.82) is 0 Å². The topological polar surface area (TPSA) is 24.1 Å². The molecule has 0 radical (unpaired) electrons. The van der Waals surface area contributed by atoms with Gasteiger partial charge in [-0.15, -0.1) is 0 Å². The van der Waals surface area contributed by atoms with Crippen molar-refractivity contribution < 1.29 is 0 Å². The van der Waals surface area contributed by atoms with Crippen LogP contribution in [0.4, 0.5) is 0 Å². The molecule has 0 unspecified atom stereocenters. The van der Waals surface area contributed by atoms with E-state index >= 15 is 0 Å². The monoisotopic (exact) mass is 200 g/mol. The molecule has 2 N–H and O–H groups in total. The molecule has 0 saturated carbocycles. The lowest BCUT2D eigenvalue weighted by molar-refractivity contribution is 0.366. The summed E-state index contributed by atoms with van der Waals surface area (Å²) < 4.78 is 0. The van der Waals surface area contributed by atoms with Crippen LogP contribution in [-0.4, -0.2) is 26.2 Å². The Morgan fingerprint density at radius 3 is 2.00 bits per heavy atom. The molecule has 0 spiro atoms. The highest BCUT2D eigenvalue weighted by Crippen LogP contribution is 2.16. The van der Waals surface area contributed by atoms with E-state index in [9.17, 15) is 0 Å². The first-order valence-electron chi connectivity index (χ1n) is 5.83. The largest absolute Gasteiger partial charge is 0.315 e. The lowest BCUT2D eigenvalue weighted by atomic mass is 9.92. The van der Waals surface area contributed by atoms with E-state index in [1.807, 2.05) is 0 Å². The molecule has 0 aromatic carbocycles. The van der Waals surface area contributed by atoms with Crippen LogP contribution in [0, 0.1) is 11.3 Å². The van der Waals surface area contributed by atoms with Gasteiger partial charge in [-0.1, -0.05) is 34.6 Å². The Hall–Kier alpha value is -0.0800. The van der Waals surface area contributed by atoms with E-state index in [2.05, 4.69) is 45.3 Å². The molecule has 0 aliphatic carbocycles. The standard InChI is InChI=1S/C12H28N2/c1-11(2)10-14-9-8-13-7-6-12(3,4)5/h11,13-14H,6-10H2,1-5H3. The van der Waals surface area contributed by atoms with Gasteiger partial charge in [0.1, 0.15) is 0 Å². The average Bonchev–Trinajstić information content (AvgIpc) is 2.00. The SMILES string of the molecule is CC(C)CNCCNCCC(C)(C)C. The van der Waals surface area contributed by atoms with Crippen molar-refractivity contribution in [3.63, 3.8) is 0 Å². The molecule has 0 fully saturated rings. The minimum absolute atomic E-state index is 0.457. The third kappa shape index (κ3) is 11.9. The molecule has 0 bridgehead atoms. The normalized spacial score (nSPS) is 12.4. The van der Waals surface area contributed by atoms with E-state index in [0.29, 0.717) is 5.41 Å². The zero-order chi connectivity index (χ0) is 11.0. The zero-order valence-corrected chi connectivity index (χ0v) is 10.6. The van der Waals surface area contributed by atoms with E-state index < -0.39 is 0 Å². The number of hydrogen-bond acceptors (Lipinski definition) is 2. The van der Waals surface area contributed by atoms with Crippen molar-refractivity contribution in [2.45, 2.75) is 41.0 Å². The van der Waals surface area contributed by atoms with Crippen LogP contribution in [-0.2, 0) is 0 Å². The van der Waals surface area contributed by atoms with Gasteiger partial charge in [-0.05, 0) is 30.8 Å². The van der Waals surface area contributed by atoms with E-state index in [1.54, 1.807) is 0 Å². The first-order chi connectivity index (χ1) is 6.42. The molecule has 14 heavy (non-hydrogen) atoms. The van der Waals surface area contributed by atoms with E-state index in [-0.39, 0.29) is 0 Å². The van der Waals surface area contributed by atoms with Crippen molar-refractivity contribution in [3.05, 3.63) is 0 Å². The number of hydrogen-bond donors (Lipinski definition) is 2. The molecule has 0 aliphatic heterocycles. The summed E-state index contributed by atoms with van der Waals surface area (Å²) in [6.07, 6.45) is 1.25. The van der Waals surface area contributed by atoms with Gasteiger partial charge in [0.15, 0.2) is 0 Å². The molecule has 0 aromatic heterocycles. The summed E-state index contributed by atoms with van der Waals surface area (Å²) in [5.74, 6) is 0.754. The Morgan fingerprint density at radius 2 is 1.50 bits per heavy atom. The van der Waals surface area contributed by atoms with E-state index in [1.165, 1.54) is 6.42 Å². The summed E-state index contributed by atoms with van der Waals surface area (Å²) in [6, 6.07) is 0. The van der Waals surface area contributed by atoms with Gasteiger partial charge in [-0.2, -0.15) is 0 Å². The molecular weight excluding hydrogens is 172 g/mol. The molecule has 0 aliphatic rings. The first kappa shape index (κ1) is 13.9. The molecule has 0 aromatic rings. The second-order valence-electron chi connectivity index (χ2n) is 5.66. The maximum atomic E-state index is 3.45. The summed E-state index contributed by atoms with van der Waals surface area (Å²) in [4.78, 5) is 0. The minimum Gasteiger partial charge on any atom is -0.315 e. The van der Waals surface area contributed by atoms with Crippen LogP contribution < -0.4 is 10.6 Å². The molecule has 0 saturated heterocycles. The van der Waals surface area contributed by atoms with Crippen LogP contribution in [0.15, 0.2) is 0 Å². The highest BCUT2D eigenvalue weighted by molar-refractivity contribution is 4.63. The van der Waals surface area contributed by atoms with Crippen LogP contribution >= 0.6 is 0 Å². The Labute approximate surface area is 89.9 Å². The van der Waals surface area contributed by atoms with Gasteiger partial charge in [-0.3, -0.25) is 0 Å². The highest BCUT2D eigenvalue weighted by atomic mass is 14.9. The summed E-state index contributed by atoms with van der Waals surface area (Å²) in [5, 5.41) is 6.87. The zero-order valence-electron chi connectivity index (χ0n) is 10.6. The summed E-state index contributed by atoms with van der Waals surface area (Å²) >= 11 is 0. The second-order valence-corrected chi connectivity index (χ2v) is 5.66. The van der Waals surface area contributed by atoms with Crippen LogP contribution in [0.3, 0.4) is 0 Å². The third-order valence-electron chi connectivity index (χ3n) is 2.08. The Bertz CT molecular complexity index is 125. The number of rotatable bonds is 7. The third-order valence-corrected chi connectivity index (χ3v) is 2.08. The smallest absolute Gasteiger partial charge is 0.00768 e. The highest BCUT2D eigenvalue weighted by Gasteiger charge is 2.08. The Balaban J connectivity index is 3.07. The van der Waals surface area contributed by atoms with Gasteiger partial charge in [0, 0.05) is 13.1 Å². The van der Waals surface area contributed by atoms with E-state index in [0.717, 1.165) is 32.1 Å². The fourth-order valence-corrected chi connectivity index (χ4v) is 1.16. The van der Waals surface area contributed by atoms with Gasteiger partial charge >= 0.3 is 0 Å². The molecule has 0 amide bonds. The Kier molecular flexibility index (Phi) is 7.20. The lowest BCUT2D eigenvalue weighted by Crippen LogP contribution is -2.31. The van der Waals surface area contributed by atoms with Gasteiger partial charge in [0.25, 0.3) is 0 Å². The number of nitrogens with one attached hydrogen (secondary N) is 2. The fraction of sp³-hybridized carbons (Fsp3) is 1.00. The molecule has 2 heteroatoms. The summed E-state index contributed by atoms with van der Waals surface area (Å²) in [6.45, 7) is 15.8. The fourth-order valence-electron chi connectivity index (χ4n) is 1.16. The van der Waals surface area contributed by atoms with Crippen LogP contribution in [0.1, 0.15) is 41.0 Å². The van der Waals surface area contributed by atoms with Crippen LogP contribution in [0.5, 0.6) is 0 Å². The molecule has 2 nitrogen and oxygen atoms in total. The summed E-state index contributed by atoms with van der Waals surface area (Å²) in [5.41, 5.74) is 0.457. The van der Waals surface area contributed by atoms with Crippen molar-refractivity contribution in [2.24, 2.45) is 11.3 Å². The molecular formula is C12H28N2. The minimum atomic E-state index is 0.457. The van der Waals surface area contributed by atoms with Gasteiger partial charge < -0.3 is 10.6 Å². The van der Waals surface area contributed by atoms with Crippen molar-refractivity contribution in [2.75, 3.05) is 26.2 Å². The van der Waals surface area contributed by atoms with Crippen LogP contribution in [0.25, 0.3) is 0 Å². The van der Waals surface area contributed by atoms with E-state index in [4.69, 9.17) is 0 Å². The maximum Gasteiger partial charge on any atom is 0.00768 e. The molecule has 0 rings (SSSR count). The average molecular weight is 200 g/mol. The van der Waals surface area contributed by atoms with Crippen molar-refractivity contribution in [1.82, 2.24) is 10.6 Å². The molecule has 0 atom stereocenters. The predicted octanol–water partition coefficient (Wildman–Crippen LogP) is 2.26. The molecule has 86 valence electrons. The molecule has 0 heterocycles. The second kappa shape index (κ2) is 7.24. The van der Waals surface area contributed by atoms with Crippen LogP contribution in [0.2, 0.25) is 0 Å². The first-order valence-corrected chi connectivity index (χ1v) is 5.83. The van der Waals surface area contributed by atoms with Gasteiger partial charge in [0.2, 0.25) is 0 Å². The lowest BCUT2D eigenvalue weighted by Gasteiger charge is -2.18. The van der Waals surface area contributed by atoms with Crippen molar-refractivity contribution >= 4 is 0 Å².